The quantitative estimate of drug-likeness (QED) is 0.907. The van der Waals surface area contributed by atoms with Crippen molar-refractivity contribution in [2.75, 3.05) is 13.1 Å². The Balaban J connectivity index is 1.39. The van der Waals surface area contributed by atoms with Crippen LogP contribution in [0.25, 0.3) is 0 Å². The summed E-state index contributed by atoms with van der Waals surface area (Å²) in [4.78, 5) is 15.0. The van der Waals surface area contributed by atoms with Gasteiger partial charge in [0.15, 0.2) is 11.6 Å². The van der Waals surface area contributed by atoms with Gasteiger partial charge < -0.3 is 10.1 Å². The van der Waals surface area contributed by atoms with E-state index in [-0.39, 0.29) is 17.7 Å². The maximum absolute atomic E-state index is 13.7. The molecule has 3 aliphatic rings. The van der Waals surface area contributed by atoms with Gasteiger partial charge in [-0.3, -0.25) is 9.69 Å². The van der Waals surface area contributed by atoms with Gasteiger partial charge in [-0.2, -0.15) is 0 Å². The summed E-state index contributed by atoms with van der Waals surface area (Å²) < 4.78 is 19.2. The second-order valence-corrected chi connectivity index (χ2v) is 7.27. The second kappa shape index (κ2) is 7.08. The Hall–Kier alpha value is -2.40. The van der Waals surface area contributed by atoms with Gasteiger partial charge in [0.05, 0.1) is 0 Å². The molecule has 26 heavy (non-hydrogen) atoms. The maximum atomic E-state index is 13.7. The summed E-state index contributed by atoms with van der Waals surface area (Å²) in [6.45, 7) is 4.34. The van der Waals surface area contributed by atoms with Gasteiger partial charge in [-0.25, -0.2) is 4.39 Å². The molecule has 3 fully saturated rings. The molecule has 3 aliphatic heterocycles. The molecule has 3 heterocycles. The normalized spacial score (nSPS) is 27.2. The summed E-state index contributed by atoms with van der Waals surface area (Å²) in [5, 5.41) is 3.18. The lowest BCUT2D eigenvalue weighted by atomic mass is 9.80. The third-order valence-corrected chi connectivity index (χ3v) is 5.55. The molecule has 0 aromatic heterocycles. The number of carbonyl (C=O) groups is 1. The fraction of sp³-hybridized carbons (Fsp3) is 0.381. The third kappa shape index (κ3) is 3.44. The highest BCUT2D eigenvalue weighted by Gasteiger charge is 2.38. The van der Waals surface area contributed by atoms with E-state index in [0.29, 0.717) is 23.3 Å². The van der Waals surface area contributed by atoms with Crippen LogP contribution >= 0.6 is 0 Å². The van der Waals surface area contributed by atoms with Gasteiger partial charge in [0.2, 0.25) is 0 Å². The number of halogens is 1. The van der Waals surface area contributed by atoms with E-state index in [1.165, 1.54) is 6.07 Å². The predicted octanol–water partition coefficient (Wildman–Crippen LogP) is 3.83. The Labute approximate surface area is 153 Å². The van der Waals surface area contributed by atoms with E-state index in [1.54, 1.807) is 42.5 Å². The van der Waals surface area contributed by atoms with Gasteiger partial charge in [0.1, 0.15) is 5.75 Å². The Bertz CT molecular complexity index is 793. The summed E-state index contributed by atoms with van der Waals surface area (Å²) in [5.41, 5.74) is 0.593. The average Bonchev–Trinajstić information content (AvgIpc) is 2.65. The van der Waals surface area contributed by atoms with Crippen LogP contribution in [0.1, 0.15) is 30.1 Å². The SMILES string of the molecule is CC1CC2CCN1CC2NC(=O)c1ccc(Oc2ccccc2F)cc1. The van der Waals surface area contributed by atoms with Crippen LogP contribution in [-0.2, 0) is 0 Å². The molecule has 5 heteroatoms. The standard InChI is InChI=1S/C21H23FN2O2/c1-14-12-16-10-11-24(14)13-19(16)23-21(25)15-6-8-17(9-7-15)26-20-5-3-2-4-18(20)22/h2-9,14,16,19H,10-13H2,1H3,(H,23,25). The van der Waals surface area contributed by atoms with Gasteiger partial charge in [-0.05, 0) is 68.6 Å². The largest absolute Gasteiger partial charge is 0.454 e. The maximum Gasteiger partial charge on any atom is 0.251 e. The minimum Gasteiger partial charge on any atom is -0.454 e. The fourth-order valence-electron chi connectivity index (χ4n) is 4.04. The van der Waals surface area contributed by atoms with E-state index in [4.69, 9.17) is 4.74 Å². The molecule has 2 bridgehead atoms. The molecule has 2 aromatic carbocycles. The molecule has 2 aromatic rings. The first-order chi connectivity index (χ1) is 12.6. The summed E-state index contributed by atoms with van der Waals surface area (Å²) in [5.74, 6) is 0.775. The number of fused-ring (bicyclic) bond motifs is 3. The number of piperidine rings is 3. The number of amides is 1. The zero-order valence-electron chi connectivity index (χ0n) is 14.8. The molecule has 1 amide bonds. The molecular formula is C21H23FN2O2. The first kappa shape index (κ1) is 17.0. The van der Waals surface area contributed by atoms with Crippen molar-refractivity contribution in [3.63, 3.8) is 0 Å². The van der Waals surface area contributed by atoms with Crippen LogP contribution in [0.4, 0.5) is 4.39 Å². The zero-order chi connectivity index (χ0) is 18.1. The Kier molecular flexibility index (Phi) is 4.64. The summed E-state index contributed by atoms with van der Waals surface area (Å²) in [7, 11) is 0. The van der Waals surface area contributed by atoms with E-state index in [2.05, 4.69) is 17.1 Å². The number of para-hydroxylation sites is 1. The van der Waals surface area contributed by atoms with Crippen LogP contribution in [0.15, 0.2) is 48.5 Å². The summed E-state index contributed by atoms with van der Waals surface area (Å²) >= 11 is 0. The molecule has 136 valence electrons. The van der Waals surface area contributed by atoms with Gasteiger partial charge in [-0.1, -0.05) is 12.1 Å². The van der Waals surface area contributed by atoms with Crippen molar-refractivity contribution in [2.45, 2.75) is 31.8 Å². The lowest BCUT2D eigenvalue weighted by Crippen LogP contribution is -2.60. The van der Waals surface area contributed by atoms with Crippen LogP contribution in [0, 0.1) is 11.7 Å². The average molecular weight is 354 g/mol. The fourth-order valence-corrected chi connectivity index (χ4v) is 4.04. The topological polar surface area (TPSA) is 41.6 Å². The minimum atomic E-state index is -0.411. The number of benzene rings is 2. The van der Waals surface area contributed by atoms with Gasteiger partial charge in [0, 0.05) is 24.2 Å². The first-order valence-corrected chi connectivity index (χ1v) is 9.17. The van der Waals surface area contributed by atoms with E-state index < -0.39 is 5.82 Å². The van der Waals surface area contributed by atoms with Crippen molar-refractivity contribution in [1.29, 1.82) is 0 Å². The van der Waals surface area contributed by atoms with Crippen LogP contribution in [0.3, 0.4) is 0 Å². The Morgan fingerprint density at radius 3 is 2.62 bits per heavy atom. The van der Waals surface area contributed by atoms with Crippen molar-refractivity contribution in [2.24, 2.45) is 5.92 Å². The number of hydrogen-bond acceptors (Lipinski definition) is 3. The molecule has 0 aliphatic carbocycles. The smallest absolute Gasteiger partial charge is 0.251 e. The predicted molar refractivity (Wildman–Crippen MR) is 97.9 cm³/mol. The number of carbonyl (C=O) groups excluding carboxylic acids is 1. The molecule has 4 unspecified atom stereocenters. The van der Waals surface area contributed by atoms with Crippen molar-refractivity contribution < 1.29 is 13.9 Å². The lowest BCUT2D eigenvalue weighted by molar-refractivity contribution is 0.0274. The van der Waals surface area contributed by atoms with Gasteiger partial charge >= 0.3 is 0 Å². The highest BCUT2D eigenvalue weighted by Crippen LogP contribution is 2.32. The Morgan fingerprint density at radius 2 is 1.96 bits per heavy atom. The molecule has 5 rings (SSSR count). The van der Waals surface area contributed by atoms with E-state index >= 15 is 0 Å². The molecule has 0 saturated carbocycles. The van der Waals surface area contributed by atoms with Crippen molar-refractivity contribution in [3.8, 4) is 11.5 Å². The number of nitrogens with zero attached hydrogens (tertiary/aromatic N) is 1. The second-order valence-electron chi connectivity index (χ2n) is 7.27. The molecule has 0 spiro atoms. The van der Waals surface area contributed by atoms with Crippen molar-refractivity contribution in [1.82, 2.24) is 10.2 Å². The number of ether oxygens (including phenoxy) is 1. The van der Waals surface area contributed by atoms with Crippen molar-refractivity contribution in [3.05, 3.63) is 59.9 Å². The monoisotopic (exact) mass is 354 g/mol. The van der Waals surface area contributed by atoms with E-state index in [1.807, 2.05) is 0 Å². The zero-order valence-corrected chi connectivity index (χ0v) is 14.8. The molecule has 4 atom stereocenters. The molecular weight excluding hydrogens is 331 g/mol. The number of nitrogens with one attached hydrogen (secondary N) is 1. The highest BCUT2D eigenvalue weighted by atomic mass is 19.1. The number of rotatable bonds is 4. The number of hydrogen-bond donors (Lipinski definition) is 1. The van der Waals surface area contributed by atoms with Crippen LogP contribution < -0.4 is 10.1 Å². The molecule has 0 radical (unpaired) electrons. The van der Waals surface area contributed by atoms with Crippen LogP contribution in [-0.4, -0.2) is 36.0 Å². The van der Waals surface area contributed by atoms with Crippen LogP contribution in [0.2, 0.25) is 0 Å². The van der Waals surface area contributed by atoms with E-state index in [9.17, 15) is 9.18 Å². The van der Waals surface area contributed by atoms with Crippen LogP contribution in [0.5, 0.6) is 11.5 Å². The molecule has 4 nitrogen and oxygen atoms in total. The lowest BCUT2D eigenvalue weighted by Gasteiger charge is -2.48. The van der Waals surface area contributed by atoms with Gasteiger partial charge in [0.25, 0.3) is 5.91 Å². The summed E-state index contributed by atoms with van der Waals surface area (Å²) in [6.07, 6.45) is 2.31. The summed E-state index contributed by atoms with van der Waals surface area (Å²) in [6, 6.07) is 13.9. The molecule has 3 saturated heterocycles. The Morgan fingerprint density at radius 1 is 1.19 bits per heavy atom. The van der Waals surface area contributed by atoms with Crippen molar-refractivity contribution >= 4 is 5.91 Å². The third-order valence-electron chi connectivity index (χ3n) is 5.55. The first-order valence-electron chi connectivity index (χ1n) is 9.17. The molecule has 1 N–H and O–H groups in total. The minimum absolute atomic E-state index is 0.0613. The highest BCUT2D eigenvalue weighted by molar-refractivity contribution is 5.94. The van der Waals surface area contributed by atoms with Gasteiger partial charge in [-0.15, -0.1) is 0 Å². The van der Waals surface area contributed by atoms with E-state index in [0.717, 1.165) is 25.9 Å².